The molecule has 0 radical (unpaired) electrons. The predicted molar refractivity (Wildman–Crippen MR) is 158 cm³/mol. The van der Waals surface area contributed by atoms with Crippen molar-refractivity contribution in [2.24, 2.45) is 5.92 Å². The summed E-state index contributed by atoms with van der Waals surface area (Å²) >= 11 is 5.87. The highest BCUT2D eigenvalue weighted by Crippen LogP contribution is 2.31. The van der Waals surface area contributed by atoms with Crippen LogP contribution in [0.25, 0.3) is 0 Å². The Kier molecular flexibility index (Phi) is 9.73. The maximum atomic E-state index is 13.9. The van der Waals surface area contributed by atoms with Crippen LogP contribution in [0.15, 0.2) is 76.8 Å². The number of piperidine rings is 1. The fourth-order valence-corrected chi connectivity index (χ4v) is 8.90. The average molecular weight is 618 g/mol. The predicted octanol–water partition coefficient (Wildman–Crippen LogP) is 4.45. The monoisotopic (exact) mass is 617 g/mol. The van der Waals surface area contributed by atoms with Gasteiger partial charge < -0.3 is 5.32 Å². The van der Waals surface area contributed by atoms with E-state index >= 15 is 0 Å². The normalized spacial score (nSPS) is 17.4. The van der Waals surface area contributed by atoms with Crippen molar-refractivity contribution < 1.29 is 16.8 Å². The van der Waals surface area contributed by atoms with Gasteiger partial charge in [0.1, 0.15) is 5.15 Å². The summed E-state index contributed by atoms with van der Waals surface area (Å²) in [5.74, 6) is 0.255. The highest BCUT2D eigenvalue weighted by Gasteiger charge is 2.35. The number of hydrogen-bond donors (Lipinski definition) is 1. The Morgan fingerprint density at radius 1 is 0.780 bits per heavy atom. The van der Waals surface area contributed by atoms with Gasteiger partial charge >= 0.3 is 0 Å². The summed E-state index contributed by atoms with van der Waals surface area (Å²) in [6.45, 7) is 2.48. The number of nitrogens with zero attached hydrogens (tertiary/aromatic N) is 4. The molecule has 2 heterocycles. The zero-order chi connectivity index (χ0) is 28.9. The van der Waals surface area contributed by atoms with E-state index < -0.39 is 20.0 Å². The molecular formula is C29H36ClN5O4S2. The second kappa shape index (κ2) is 13.3. The molecule has 2 fully saturated rings. The molecule has 0 spiro atoms. The van der Waals surface area contributed by atoms with Crippen molar-refractivity contribution in [3.63, 3.8) is 0 Å². The molecule has 5 rings (SSSR count). The third-order valence-corrected chi connectivity index (χ3v) is 11.8. The maximum absolute atomic E-state index is 13.9. The van der Waals surface area contributed by atoms with Gasteiger partial charge in [-0.05, 0) is 74.5 Å². The molecular weight excluding hydrogens is 582 g/mol. The first-order valence-electron chi connectivity index (χ1n) is 14.1. The lowest BCUT2D eigenvalue weighted by Gasteiger charge is -2.30. The van der Waals surface area contributed by atoms with Crippen LogP contribution in [0.3, 0.4) is 0 Å². The summed E-state index contributed by atoms with van der Waals surface area (Å²) < 4.78 is 58.6. The van der Waals surface area contributed by atoms with Gasteiger partial charge in [-0.3, -0.25) is 4.98 Å². The molecule has 1 aliphatic heterocycles. The summed E-state index contributed by atoms with van der Waals surface area (Å²) in [5, 5.41) is 3.57. The van der Waals surface area contributed by atoms with Crippen molar-refractivity contribution in [2.75, 3.05) is 19.6 Å². The first kappa shape index (κ1) is 30.1. The summed E-state index contributed by atoms with van der Waals surface area (Å²) in [4.78, 5) is 8.44. The van der Waals surface area contributed by atoms with Crippen LogP contribution in [0, 0.1) is 5.92 Å². The molecule has 1 saturated carbocycles. The van der Waals surface area contributed by atoms with Crippen molar-refractivity contribution in [1.29, 1.82) is 0 Å². The molecule has 220 valence electrons. The summed E-state index contributed by atoms with van der Waals surface area (Å²) in [5.41, 5.74) is 1.40. The molecule has 1 aromatic heterocycles. The Hall–Kier alpha value is -2.41. The molecule has 2 aliphatic rings. The second-order valence-corrected chi connectivity index (χ2v) is 15.0. The van der Waals surface area contributed by atoms with Crippen LogP contribution in [0.4, 0.5) is 0 Å². The van der Waals surface area contributed by atoms with E-state index in [0.29, 0.717) is 12.2 Å². The molecule has 0 amide bonds. The first-order chi connectivity index (χ1) is 19.7. The van der Waals surface area contributed by atoms with E-state index in [2.05, 4.69) is 15.3 Å². The van der Waals surface area contributed by atoms with E-state index in [1.54, 1.807) is 0 Å². The lowest BCUT2D eigenvalue weighted by Crippen LogP contribution is -2.39. The van der Waals surface area contributed by atoms with Gasteiger partial charge in [-0.1, -0.05) is 54.8 Å². The zero-order valence-corrected chi connectivity index (χ0v) is 25.3. The Balaban J connectivity index is 1.41. The molecule has 0 unspecified atom stereocenters. The summed E-state index contributed by atoms with van der Waals surface area (Å²) in [7, 11) is -7.81. The average Bonchev–Trinajstić information content (AvgIpc) is 3.52. The van der Waals surface area contributed by atoms with Gasteiger partial charge in [0.05, 0.1) is 34.4 Å². The van der Waals surface area contributed by atoms with Gasteiger partial charge in [-0.2, -0.15) is 8.61 Å². The minimum atomic E-state index is -3.93. The standard InChI is InChI=1S/C29H36ClN5O4S2/c30-29-19-32-25(18-33-29)22-35(26-8-4-5-9-26)41(38,39)28-12-10-27(11-13-28)40(36,37)34(20-23-6-2-1-3-7-23)21-24-14-16-31-17-15-24/h1-3,6-7,10-13,18-19,24,26,31H,4-5,8-9,14-17,20-22H2. The Morgan fingerprint density at radius 3 is 2.02 bits per heavy atom. The second-order valence-electron chi connectivity index (χ2n) is 10.8. The lowest BCUT2D eigenvalue weighted by molar-refractivity contribution is 0.284. The molecule has 1 saturated heterocycles. The van der Waals surface area contributed by atoms with Gasteiger partial charge in [0, 0.05) is 19.1 Å². The topological polar surface area (TPSA) is 113 Å². The highest BCUT2D eigenvalue weighted by molar-refractivity contribution is 7.89. The van der Waals surface area contributed by atoms with E-state index in [1.165, 1.54) is 45.3 Å². The fourth-order valence-electron chi connectivity index (χ4n) is 5.64. The van der Waals surface area contributed by atoms with Crippen molar-refractivity contribution in [1.82, 2.24) is 23.9 Å². The van der Waals surface area contributed by atoms with Crippen LogP contribution < -0.4 is 5.32 Å². The first-order valence-corrected chi connectivity index (χ1v) is 17.3. The van der Waals surface area contributed by atoms with Crippen LogP contribution in [0.5, 0.6) is 0 Å². The highest BCUT2D eigenvalue weighted by atomic mass is 35.5. The number of halogens is 1. The molecule has 1 aliphatic carbocycles. The minimum Gasteiger partial charge on any atom is -0.317 e. The minimum absolute atomic E-state index is 0.0539. The third-order valence-electron chi connectivity index (χ3n) is 7.91. The van der Waals surface area contributed by atoms with Crippen LogP contribution in [0.2, 0.25) is 5.15 Å². The fraction of sp³-hybridized carbons (Fsp3) is 0.448. The number of sulfonamides is 2. The van der Waals surface area contributed by atoms with E-state index in [-0.39, 0.29) is 40.0 Å². The molecule has 3 aromatic rings. The summed E-state index contributed by atoms with van der Waals surface area (Å²) in [6.07, 6.45) is 8.14. The van der Waals surface area contributed by atoms with Crippen LogP contribution in [-0.4, -0.2) is 61.1 Å². The molecule has 41 heavy (non-hydrogen) atoms. The number of nitrogens with one attached hydrogen (secondary N) is 1. The smallest absolute Gasteiger partial charge is 0.243 e. The van der Waals surface area contributed by atoms with E-state index in [1.807, 2.05) is 30.3 Å². The molecule has 12 heteroatoms. The van der Waals surface area contributed by atoms with Crippen LogP contribution in [-0.2, 0) is 33.1 Å². The molecule has 0 atom stereocenters. The van der Waals surface area contributed by atoms with E-state index in [9.17, 15) is 16.8 Å². The maximum Gasteiger partial charge on any atom is 0.243 e. The summed E-state index contributed by atoms with van der Waals surface area (Å²) in [6, 6.07) is 15.0. The zero-order valence-electron chi connectivity index (χ0n) is 22.9. The van der Waals surface area contributed by atoms with Gasteiger partial charge in [0.2, 0.25) is 20.0 Å². The number of rotatable bonds is 11. The number of benzene rings is 2. The van der Waals surface area contributed by atoms with Gasteiger partial charge in [-0.25, -0.2) is 21.8 Å². The third kappa shape index (κ3) is 7.33. The quantitative estimate of drug-likeness (QED) is 0.338. The Morgan fingerprint density at radius 2 is 1.41 bits per heavy atom. The molecule has 2 aromatic carbocycles. The number of hydrogen-bond acceptors (Lipinski definition) is 7. The Bertz CT molecular complexity index is 1490. The van der Waals surface area contributed by atoms with Gasteiger partial charge in [0.25, 0.3) is 0 Å². The van der Waals surface area contributed by atoms with Crippen LogP contribution >= 0.6 is 11.6 Å². The van der Waals surface area contributed by atoms with Crippen molar-refractivity contribution in [2.45, 2.75) is 67.4 Å². The van der Waals surface area contributed by atoms with Gasteiger partial charge in [0.15, 0.2) is 0 Å². The molecule has 0 bridgehead atoms. The number of aromatic nitrogens is 2. The van der Waals surface area contributed by atoms with E-state index in [4.69, 9.17) is 11.6 Å². The van der Waals surface area contributed by atoms with Gasteiger partial charge in [-0.15, -0.1) is 0 Å². The Labute approximate surface area is 248 Å². The van der Waals surface area contributed by atoms with Crippen molar-refractivity contribution in [3.8, 4) is 0 Å². The van der Waals surface area contributed by atoms with Crippen molar-refractivity contribution >= 4 is 31.6 Å². The van der Waals surface area contributed by atoms with Crippen molar-refractivity contribution in [3.05, 3.63) is 83.4 Å². The largest absolute Gasteiger partial charge is 0.317 e. The lowest BCUT2D eigenvalue weighted by atomic mass is 9.98. The molecule has 1 N–H and O–H groups in total. The molecule has 9 nitrogen and oxygen atoms in total. The van der Waals surface area contributed by atoms with Crippen LogP contribution in [0.1, 0.15) is 49.8 Å². The SMILES string of the molecule is O=S(=O)(c1ccc(S(=O)(=O)N(Cc2cnc(Cl)cn2)C2CCCC2)cc1)N(Cc1ccccc1)CC1CCNCC1. The van der Waals surface area contributed by atoms with E-state index in [0.717, 1.165) is 57.2 Å².